The number of hydrogen-bond acceptors (Lipinski definition) is 5. The molecule has 1 amide bonds. The molecule has 1 aromatic carbocycles. The van der Waals surface area contributed by atoms with Gasteiger partial charge in [0, 0.05) is 19.8 Å². The Hall–Kier alpha value is -2.13. The fourth-order valence-electron chi connectivity index (χ4n) is 2.83. The van der Waals surface area contributed by atoms with Gasteiger partial charge in [-0.15, -0.1) is 0 Å². The van der Waals surface area contributed by atoms with Crippen molar-refractivity contribution in [2.24, 2.45) is 5.41 Å². The molecule has 0 unspecified atom stereocenters. The summed E-state index contributed by atoms with van der Waals surface area (Å²) in [6.07, 6.45) is 1.08. The van der Waals surface area contributed by atoms with Crippen molar-refractivity contribution in [3.8, 4) is 0 Å². The molecule has 2 rings (SSSR count). The van der Waals surface area contributed by atoms with Gasteiger partial charge in [0.05, 0.1) is 22.4 Å². The van der Waals surface area contributed by atoms with Crippen molar-refractivity contribution in [2.75, 3.05) is 30.2 Å². The van der Waals surface area contributed by atoms with Crippen molar-refractivity contribution >= 4 is 27.6 Å². The van der Waals surface area contributed by atoms with E-state index in [0.717, 1.165) is 0 Å². The highest BCUT2D eigenvalue weighted by molar-refractivity contribution is 7.92. The third kappa shape index (κ3) is 4.95. The molecule has 1 aliphatic heterocycles. The van der Waals surface area contributed by atoms with E-state index in [9.17, 15) is 23.1 Å². The Bertz CT molecular complexity index is 756. The second kappa shape index (κ2) is 8.50. The molecule has 0 atom stereocenters. The van der Waals surface area contributed by atoms with Crippen molar-refractivity contribution in [1.82, 2.24) is 5.32 Å². The molecule has 1 aliphatic rings. The summed E-state index contributed by atoms with van der Waals surface area (Å²) < 4.78 is 31.6. The standard InChI is InChI=1S/C17H24N2O6S/c1-2-11-26(23,24)19-14-6-4-3-5-13(14)15(20)18-12-17(16(21)22)7-9-25-10-8-17/h3-6,19H,2,7-12H2,1H3,(H,18,20)(H,21,22). The van der Waals surface area contributed by atoms with E-state index in [1.54, 1.807) is 19.1 Å². The number of sulfonamides is 1. The number of para-hydroxylation sites is 1. The van der Waals surface area contributed by atoms with Crippen LogP contribution in [0, 0.1) is 5.41 Å². The number of benzene rings is 1. The summed E-state index contributed by atoms with van der Waals surface area (Å²) in [7, 11) is -3.54. The molecule has 0 aromatic heterocycles. The van der Waals surface area contributed by atoms with Gasteiger partial charge in [-0.25, -0.2) is 8.42 Å². The van der Waals surface area contributed by atoms with Crippen LogP contribution in [0.5, 0.6) is 0 Å². The molecule has 3 N–H and O–H groups in total. The average molecular weight is 384 g/mol. The van der Waals surface area contributed by atoms with Crippen molar-refractivity contribution in [1.29, 1.82) is 0 Å². The number of carbonyl (C=O) groups is 2. The molecule has 1 aromatic rings. The summed E-state index contributed by atoms with van der Waals surface area (Å²) in [6.45, 7) is 2.36. The molecule has 1 heterocycles. The molecule has 26 heavy (non-hydrogen) atoms. The Balaban J connectivity index is 2.13. The molecule has 0 saturated carbocycles. The van der Waals surface area contributed by atoms with E-state index in [2.05, 4.69) is 10.0 Å². The minimum atomic E-state index is -3.54. The number of hydrogen-bond donors (Lipinski definition) is 3. The van der Waals surface area contributed by atoms with E-state index >= 15 is 0 Å². The molecule has 0 radical (unpaired) electrons. The van der Waals surface area contributed by atoms with Crippen LogP contribution in [-0.4, -0.2) is 50.9 Å². The summed E-state index contributed by atoms with van der Waals surface area (Å²) in [6, 6.07) is 6.24. The number of nitrogens with one attached hydrogen (secondary N) is 2. The SMILES string of the molecule is CCCS(=O)(=O)Nc1ccccc1C(=O)NCC1(C(=O)O)CCOCC1. The van der Waals surface area contributed by atoms with Crippen molar-refractivity contribution in [3.05, 3.63) is 29.8 Å². The van der Waals surface area contributed by atoms with Gasteiger partial charge >= 0.3 is 5.97 Å². The maximum absolute atomic E-state index is 12.5. The van der Waals surface area contributed by atoms with Gasteiger partial charge in [-0.2, -0.15) is 0 Å². The first-order chi connectivity index (χ1) is 12.3. The van der Waals surface area contributed by atoms with Crippen LogP contribution in [0.25, 0.3) is 0 Å². The number of aliphatic carboxylic acids is 1. The van der Waals surface area contributed by atoms with E-state index in [0.29, 0.717) is 32.5 Å². The number of rotatable bonds is 8. The van der Waals surface area contributed by atoms with Crippen LogP contribution in [0.3, 0.4) is 0 Å². The molecular formula is C17H24N2O6S. The van der Waals surface area contributed by atoms with Crippen molar-refractivity contribution in [3.63, 3.8) is 0 Å². The van der Waals surface area contributed by atoms with Gasteiger partial charge in [0.2, 0.25) is 10.0 Å². The molecule has 1 saturated heterocycles. The molecule has 0 aliphatic carbocycles. The van der Waals surface area contributed by atoms with Gasteiger partial charge in [-0.3, -0.25) is 14.3 Å². The van der Waals surface area contributed by atoms with Gasteiger partial charge in [0.15, 0.2) is 0 Å². The van der Waals surface area contributed by atoms with Crippen LogP contribution in [-0.2, 0) is 19.6 Å². The number of carboxylic acids is 1. The minimum absolute atomic E-state index is 0.0411. The summed E-state index contributed by atoms with van der Waals surface area (Å²) in [5.74, 6) is -1.55. The summed E-state index contributed by atoms with van der Waals surface area (Å²) in [4.78, 5) is 24.2. The Kier molecular flexibility index (Phi) is 6.60. The molecule has 8 nitrogen and oxygen atoms in total. The first-order valence-electron chi connectivity index (χ1n) is 8.48. The molecule has 0 spiro atoms. The number of amides is 1. The van der Waals surface area contributed by atoms with E-state index in [1.807, 2.05) is 0 Å². The van der Waals surface area contributed by atoms with Gasteiger partial charge in [0.1, 0.15) is 0 Å². The molecule has 0 bridgehead atoms. The zero-order valence-electron chi connectivity index (χ0n) is 14.7. The van der Waals surface area contributed by atoms with E-state index in [4.69, 9.17) is 4.74 Å². The molecule has 9 heteroatoms. The lowest BCUT2D eigenvalue weighted by atomic mass is 9.80. The van der Waals surface area contributed by atoms with Crippen LogP contribution in [0.2, 0.25) is 0 Å². The zero-order valence-corrected chi connectivity index (χ0v) is 15.5. The third-order valence-electron chi connectivity index (χ3n) is 4.40. The van der Waals surface area contributed by atoms with Gasteiger partial charge in [0.25, 0.3) is 5.91 Å². The van der Waals surface area contributed by atoms with Crippen LogP contribution >= 0.6 is 0 Å². The molecular weight excluding hydrogens is 360 g/mol. The lowest BCUT2D eigenvalue weighted by Gasteiger charge is -2.33. The topological polar surface area (TPSA) is 122 Å². The third-order valence-corrected chi connectivity index (χ3v) is 5.88. The maximum Gasteiger partial charge on any atom is 0.311 e. The predicted molar refractivity (Wildman–Crippen MR) is 96.6 cm³/mol. The smallest absolute Gasteiger partial charge is 0.311 e. The van der Waals surface area contributed by atoms with Crippen LogP contribution < -0.4 is 10.0 Å². The highest BCUT2D eigenvalue weighted by atomic mass is 32.2. The predicted octanol–water partition coefficient (Wildman–Crippen LogP) is 1.45. The van der Waals surface area contributed by atoms with Crippen molar-refractivity contribution in [2.45, 2.75) is 26.2 Å². The quantitative estimate of drug-likeness (QED) is 0.624. The Morgan fingerprint density at radius 1 is 1.23 bits per heavy atom. The summed E-state index contributed by atoms with van der Waals surface area (Å²) in [5, 5.41) is 12.2. The summed E-state index contributed by atoms with van der Waals surface area (Å²) in [5.41, 5.74) is -0.737. The Morgan fingerprint density at radius 3 is 2.50 bits per heavy atom. The first kappa shape index (κ1) is 20.2. The molecule has 1 fully saturated rings. The van der Waals surface area contributed by atoms with Crippen LogP contribution in [0.1, 0.15) is 36.5 Å². The largest absolute Gasteiger partial charge is 0.481 e. The normalized spacial score (nSPS) is 16.7. The van der Waals surface area contributed by atoms with Crippen LogP contribution in [0.4, 0.5) is 5.69 Å². The zero-order chi connectivity index (χ0) is 19.2. The lowest BCUT2D eigenvalue weighted by Crippen LogP contribution is -2.46. The van der Waals surface area contributed by atoms with Gasteiger partial charge < -0.3 is 15.2 Å². The lowest BCUT2D eigenvalue weighted by molar-refractivity contribution is -0.154. The summed E-state index contributed by atoms with van der Waals surface area (Å²) >= 11 is 0. The maximum atomic E-state index is 12.5. The number of carbonyl (C=O) groups excluding carboxylic acids is 1. The highest BCUT2D eigenvalue weighted by Gasteiger charge is 2.40. The Labute approximate surface area is 153 Å². The van der Waals surface area contributed by atoms with E-state index in [-0.39, 0.29) is 23.5 Å². The monoisotopic (exact) mass is 384 g/mol. The number of carboxylic acid groups (broad SMARTS) is 1. The Morgan fingerprint density at radius 2 is 1.88 bits per heavy atom. The molecule has 144 valence electrons. The van der Waals surface area contributed by atoms with E-state index < -0.39 is 27.3 Å². The highest BCUT2D eigenvalue weighted by Crippen LogP contribution is 2.30. The second-order valence-corrected chi connectivity index (χ2v) is 8.19. The fourth-order valence-corrected chi connectivity index (χ4v) is 3.98. The van der Waals surface area contributed by atoms with Gasteiger partial charge in [-0.1, -0.05) is 19.1 Å². The minimum Gasteiger partial charge on any atom is -0.481 e. The first-order valence-corrected chi connectivity index (χ1v) is 10.1. The van der Waals surface area contributed by atoms with Crippen molar-refractivity contribution < 1.29 is 27.9 Å². The number of ether oxygens (including phenoxy) is 1. The second-order valence-electron chi connectivity index (χ2n) is 6.35. The van der Waals surface area contributed by atoms with Gasteiger partial charge in [-0.05, 0) is 31.4 Å². The van der Waals surface area contributed by atoms with Crippen LogP contribution in [0.15, 0.2) is 24.3 Å². The number of anilines is 1. The average Bonchev–Trinajstić information content (AvgIpc) is 2.60. The van der Waals surface area contributed by atoms with E-state index in [1.165, 1.54) is 12.1 Å². The fraction of sp³-hybridized carbons (Fsp3) is 0.529.